The van der Waals surface area contributed by atoms with Crippen LogP contribution in [0.1, 0.15) is 5.56 Å². The number of methoxy groups -OCH3 is 2. The molecule has 0 aliphatic heterocycles. The summed E-state index contributed by atoms with van der Waals surface area (Å²) in [5.74, 6) is 2.34. The van der Waals surface area contributed by atoms with Crippen molar-refractivity contribution in [1.29, 1.82) is 0 Å². The lowest BCUT2D eigenvalue weighted by Crippen LogP contribution is -2.17. The minimum atomic E-state index is 0.706. The Hall–Kier alpha value is -2.69. The molecule has 0 fully saturated rings. The summed E-state index contributed by atoms with van der Waals surface area (Å²) in [5.41, 5.74) is 1.95. The summed E-state index contributed by atoms with van der Waals surface area (Å²) in [6.07, 6.45) is 3.44. The first-order valence-corrected chi connectivity index (χ1v) is 6.97. The molecule has 3 rings (SSSR count). The van der Waals surface area contributed by atoms with Crippen molar-refractivity contribution < 1.29 is 13.9 Å². The van der Waals surface area contributed by atoms with Crippen LogP contribution in [0.2, 0.25) is 0 Å². The lowest BCUT2D eigenvalue weighted by Gasteiger charge is -2.19. The van der Waals surface area contributed by atoms with E-state index >= 15 is 0 Å². The van der Waals surface area contributed by atoms with Crippen LogP contribution in [0.4, 0.5) is 5.82 Å². The van der Waals surface area contributed by atoms with Gasteiger partial charge in [-0.25, -0.2) is 4.98 Å². The molecule has 0 unspecified atom stereocenters. The fourth-order valence-electron chi connectivity index (χ4n) is 2.51. The van der Waals surface area contributed by atoms with Crippen LogP contribution in [0.15, 0.2) is 47.2 Å². The van der Waals surface area contributed by atoms with Gasteiger partial charge in [0.1, 0.15) is 11.4 Å². The van der Waals surface area contributed by atoms with E-state index < -0.39 is 0 Å². The number of aromatic nitrogens is 1. The van der Waals surface area contributed by atoms with Gasteiger partial charge in [0.05, 0.1) is 25.9 Å². The number of anilines is 1. The van der Waals surface area contributed by atoms with E-state index in [1.54, 1.807) is 26.7 Å². The number of hydrogen-bond acceptors (Lipinski definition) is 5. The van der Waals surface area contributed by atoms with Gasteiger partial charge in [0, 0.05) is 19.8 Å². The molecule has 5 heteroatoms. The third-order valence-corrected chi connectivity index (χ3v) is 3.59. The summed E-state index contributed by atoms with van der Waals surface area (Å²) in [6, 6.07) is 9.71. The molecule has 0 amide bonds. The van der Waals surface area contributed by atoms with E-state index in [2.05, 4.69) is 9.88 Å². The van der Waals surface area contributed by atoms with Crippen LogP contribution < -0.4 is 14.4 Å². The number of fused-ring (bicyclic) bond motifs is 1. The van der Waals surface area contributed by atoms with Crippen LogP contribution in [0.3, 0.4) is 0 Å². The molecular weight excluding hydrogens is 280 g/mol. The Morgan fingerprint density at radius 1 is 1.09 bits per heavy atom. The SMILES string of the molecule is COc1ccc(CN(C)c2nccc3occc23)cc1OC. The van der Waals surface area contributed by atoms with Crippen LogP contribution in [0.5, 0.6) is 11.5 Å². The second kappa shape index (κ2) is 5.97. The van der Waals surface area contributed by atoms with E-state index in [4.69, 9.17) is 13.9 Å². The first-order valence-electron chi connectivity index (χ1n) is 6.97. The molecule has 0 bridgehead atoms. The Kier molecular flexibility index (Phi) is 3.87. The van der Waals surface area contributed by atoms with Gasteiger partial charge >= 0.3 is 0 Å². The van der Waals surface area contributed by atoms with Gasteiger partial charge in [-0.3, -0.25) is 0 Å². The first kappa shape index (κ1) is 14.3. The zero-order chi connectivity index (χ0) is 15.5. The van der Waals surface area contributed by atoms with Crippen molar-refractivity contribution in [3.63, 3.8) is 0 Å². The molecule has 2 aromatic heterocycles. The molecule has 0 N–H and O–H groups in total. The maximum Gasteiger partial charge on any atom is 0.161 e. The smallest absolute Gasteiger partial charge is 0.161 e. The number of hydrogen-bond donors (Lipinski definition) is 0. The molecule has 0 saturated heterocycles. The highest BCUT2D eigenvalue weighted by Gasteiger charge is 2.11. The molecule has 0 radical (unpaired) electrons. The van der Waals surface area contributed by atoms with Crippen LogP contribution in [-0.4, -0.2) is 26.3 Å². The molecule has 2 heterocycles. The predicted molar refractivity (Wildman–Crippen MR) is 85.7 cm³/mol. The van der Waals surface area contributed by atoms with E-state index in [1.165, 1.54) is 0 Å². The third-order valence-electron chi connectivity index (χ3n) is 3.59. The molecule has 0 aliphatic carbocycles. The zero-order valence-electron chi connectivity index (χ0n) is 12.9. The first-order chi connectivity index (χ1) is 10.7. The summed E-state index contributed by atoms with van der Waals surface area (Å²) >= 11 is 0. The topological polar surface area (TPSA) is 47.7 Å². The molecule has 5 nitrogen and oxygen atoms in total. The Morgan fingerprint density at radius 2 is 1.91 bits per heavy atom. The van der Waals surface area contributed by atoms with Crippen molar-refractivity contribution in [2.24, 2.45) is 0 Å². The summed E-state index contributed by atoms with van der Waals surface area (Å²) < 4.78 is 16.0. The van der Waals surface area contributed by atoms with Crippen LogP contribution in [0, 0.1) is 0 Å². The number of ether oxygens (including phenoxy) is 2. The van der Waals surface area contributed by atoms with Gasteiger partial charge in [0.25, 0.3) is 0 Å². The van der Waals surface area contributed by atoms with E-state index in [-0.39, 0.29) is 0 Å². The second-order valence-electron chi connectivity index (χ2n) is 5.01. The summed E-state index contributed by atoms with van der Waals surface area (Å²) in [5, 5.41) is 1.01. The number of rotatable bonds is 5. The molecule has 114 valence electrons. The molecule has 0 spiro atoms. The highest BCUT2D eigenvalue weighted by Crippen LogP contribution is 2.29. The normalized spacial score (nSPS) is 10.7. The van der Waals surface area contributed by atoms with Crippen molar-refractivity contribution in [2.75, 3.05) is 26.2 Å². The molecule has 1 aromatic carbocycles. The molecule has 0 atom stereocenters. The Balaban J connectivity index is 1.88. The highest BCUT2D eigenvalue weighted by molar-refractivity contribution is 5.88. The van der Waals surface area contributed by atoms with Gasteiger partial charge in [-0.05, 0) is 29.8 Å². The van der Waals surface area contributed by atoms with E-state index in [0.29, 0.717) is 6.54 Å². The standard InChI is InChI=1S/C17H18N2O3/c1-19(17-13-7-9-22-14(13)6-8-18-17)11-12-4-5-15(20-2)16(10-12)21-3/h4-10H,11H2,1-3H3. The van der Waals surface area contributed by atoms with Crippen molar-refractivity contribution in [1.82, 2.24) is 4.98 Å². The second-order valence-corrected chi connectivity index (χ2v) is 5.01. The van der Waals surface area contributed by atoms with Crippen LogP contribution >= 0.6 is 0 Å². The predicted octanol–water partition coefficient (Wildman–Crippen LogP) is 3.48. The van der Waals surface area contributed by atoms with Crippen LogP contribution in [0.25, 0.3) is 11.0 Å². The van der Waals surface area contributed by atoms with Crippen molar-refractivity contribution in [2.45, 2.75) is 6.54 Å². The average Bonchev–Trinajstić information content (AvgIpc) is 3.03. The fourth-order valence-corrected chi connectivity index (χ4v) is 2.51. The maximum atomic E-state index is 5.42. The van der Waals surface area contributed by atoms with E-state index in [9.17, 15) is 0 Å². The third kappa shape index (κ3) is 2.57. The molecule has 0 saturated carbocycles. The van der Waals surface area contributed by atoms with Gasteiger partial charge in [-0.2, -0.15) is 0 Å². The van der Waals surface area contributed by atoms with Gasteiger partial charge in [-0.1, -0.05) is 6.07 Å². The quantitative estimate of drug-likeness (QED) is 0.721. The molecule has 22 heavy (non-hydrogen) atoms. The zero-order valence-corrected chi connectivity index (χ0v) is 12.9. The number of furan rings is 1. The molecule has 0 aliphatic rings. The highest BCUT2D eigenvalue weighted by atomic mass is 16.5. The summed E-state index contributed by atoms with van der Waals surface area (Å²) in [6.45, 7) is 0.706. The summed E-state index contributed by atoms with van der Waals surface area (Å²) in [4.78, 5) is 6.54. The lowest BCUT2D eigenvalue weighted by molar-refractivity contribution is 0.354. The Labute approximate surface area is 129 Å². The van der Waals surface area contributed by atoms with Crippen LogP contribution in [-0.2, 0) is 6.54 Å². The lowest BCUT2D eigenvalue weighted by atomic mass is 10.2. The molecular formula is C17H18N2O3. The Morgan fingerprint density at radius 3 is 2.68 bits per heavy atom. The van der Waals surface area contributed by atoms with Gasteiger partial charge in [0.2, 0.25) is 0 Å². The molecule has 3 aromatic rings. The van der Waals surface area contributed by atoms with E-state index in [1.807, 2.05) is 37.4 Å². The average molecular weight is 298 g/mol. The fraction of sp³-hybridized carbons (Fsp3) is 0.235. The largest absolute Gasteiger partial charge is 0.493 e. The minimum Gasteiger partial charge on any atom is -0.493 e. The van der Waals surface area contributed by atoms with E-state index in [0.717, 1.165) is 33.8 Å². The minimum absolute atomic E-state index is 0.706. The van der Waals surface area contributed by atoms with Gasteiger partial charge < -0.3 is 18.8 Å². The van der Waals surface area contributed by atoms with Crippen molar-refractivity contribution in [3.05, 3.63) is 48.4 Å². The monoisotopic (exact) mass is 298 g/mol. The van der Waals surface area contributed by atoms with Gasteiger partial charge in [0.15, 0.2) is 11.5 Å². The maximum absolute atomic E-state index is 5.42. The number of pyridine rings is 1. The number of benzene rings is 1. The van der Waals surface area contributed by atoms with Crippen molar-refractivity contribution >= 4 is 16.8 Å². The summed E-state index contributed by atoms with van der Waals surface area (Å²) in [7, 11) is 5.28. The van der Waals surface area contributed by atoms with Crippen molar-refractivity contribution in [3.8, 4) is 11.5 Å². The van der Waals surface area contributed by atoms with Gasteiger partial charge in [-0.15, -0.1) is 0 Å². The Bertz CT molecular complexity index is 782. The number of nitrogens with zero attached hydrogens (tertiary/aromatic N) is 2.